The zero-order valence-corrected chi connectivity index (χ0v) is 9.14. The van der Waals surface area contributed by atoms with Gasteiger partial charge in [0.1, 0.15) is 5.75 Å². The van der Waals surface area contributed by atoms with Crippen molar-refractivity contribution in [2.75, 3.05) is 11.5 Å². The van der Waals surface area contributed by atoms with E-state index < -0.39 is 37.9 Å². The van der Waals surface area contributed by atoms with Gasteiger partial charge in [0.05, 0.1) is 22.2 Å². The highest BCUT2D eigenvalue weighted by Gasteiger charge is 2.31. The highest BCUT2D eigenvalue weighted by Crippen LogP contribution is 2.32. The fourth-order valence-corrected chi connectivity index (χ4v) is 2.19. The molecule has 0 amide bonds. The van der Waals surface area contributed by atoms with Crippen LogP contribution < -0.4 is 5.73 Å². The number of halogens is 3. The largest absolute Gasteiger partial charge is 0.416 e. The molecule has 0 heterocycles. The number of anilines is 1. The van der Waals surface area contributed by atoms with E-state index in [0.29, 0.717) is 12.1 Å². The van der Waals surface area contributed by atoms with Gasteiger partial charge in [-0.25, -0.2) is 8.42 Å². The van der Waals surface area contributed by atoms with Gasteiger partial charge in [-0.3, -0.25) is 0 Å². The van der Waals surface area contributed by atoms with Gasteiger partial charge >= 0.3 is 6.18 Å². The Morgan fingerprint density at radius 3 is 2.35 bits per heavy atom. The van der Waals surface area contributed by atoms with E-state index in [1.807, 2.05) is 0 Å². The smallest absolute Gasteiger partial charge is 0.398 e. The lowest BCUT2D eigenvalue weighted by Gasteiger charge is -2.10. The number of alkyl halides is 3. The quantitative estimate of drug-likeness (QED) is 0.822. The highest BCUT2D eigenvalue weighted by atomic mass is 32.2. The second kappa shape index (κ2) is 4.25. The predicted octanol–water partition coefficient (Wildman–Crippen LogP) is 1.58. The minimum atomic E-state index is -4.59. The number of hydrogen-bond donors (Lipinski definition) is 1. The van der Waals surface area contributed by atoms with Crippen molar-refractivity contribution in [1.82, 2.24) is 0 Å². The van der Waals surface area contributed by atoms with Gasteiger partial charge in [-0.05, 0) is 18.2 Å². The topological polar surface area (TPSA) is 84.0 Å². The molecule has 0 fully saturated rings. The Morgan fingerprint density at radius 1 is 1.35 bits per heavy atom. The molecule has 0 unspecified atom stereocenters. The van der Waals surface area contributed by atoms with E-state index in [1.54, 1.807) is 0 Å². The summed E-state index contributed by atoms with van der Waals surface area (Å²) < 4.78 is 59.7. The van der Waals surface area contributed by atoms with Crippen LogP contribution in [0.4, 0.5) is 18.9 Å². The molecular weight excluding hydrogens is 257 g/mol. The minimum absolute atomic E-state index is 0.466. The maximum Gasteiger partial charge on any atom is 0.416 e. The Kier molecular flexibility index (Phi) is 3.33. The Labute approximate surface area is 95.4 Å². The fraction of sp³-hybridized carbons (Fsp3) is 0.222. The summed E-state index contributed by atoms with van der Waals surface area (Å²) >= 11 is 0. The van der Waals surface area contributed by atoms with E-state index in [4.69, 9.17) is 11.0 Å². The van der Waals surface area contributed by atoms with E-state index in [1.165, 1.54) is 6.07 Å². The SMILES string of the molecule is N#CCS(=O)(=O)c1ccc(C(F)(F)F)cc1N. The second-order valence-electron chi connectivity index (χ2n) is 3.17. The summed E-state index contributed by atoms with van der Waals surface area (Å²) in [5.74, 6) is -0.831. The summed E-state index contributed by atoms with van der Waals surface area (Å²) in [6.45, 7) is 0. The molecule has 1 aromatic carbocycles. The number of rotatable bonds is 2. The molecule has 0 spiro atoms. The molecule has 17 heavy (non-hydrogen) atoms. The number of nitrogens with two attached hydrogens (primary N) is 1. The van der Waals surface area contributed by atoms with Crippen molar-refractivity contribution < 1.29 is 21.6 Å². The summed E-state index contributed by atoms with van der Waals surface area (Å²) in [7, 11) is -3.96. The first-order chi connectivity index (χ1) is 7.68. The zero-order valence-electron chi connectivity index (χ0n) is 8.32. The molecule has 92 valence electrons. The number of sulfone groups is 1. The van der Waals surface area contributed by atoms with Gasteiger partial charge in [-0.15, -0.1) is 0 Å². The molecule has 0 atom stereocenters. The molecule has 4 nitrogen and oxygen atoms in total. The third-order valence-electron chi connectivity index (χ3n) is 1.93. The second-order valence-corrected chi connectivity index (χ2v) is 5.13. The Hall–Kier alpha value is -1.75. The number of nitrogens with zero attached hydrogens (tertiary/aromatic N) is 1. The molecular formula is C9H7F3N2O2S. The van der Waals surface area contributed by atoms with Crippen molar-refractivity contribution in [3.63, 3.8) is 0 Å². The Bertz CT molecular complexity index is 573. The lowest BCUT2D eigenvalue weighted by atomic mass is 10.2. The lowest BCUT2D eigenvalue weighted by Crippen LogP contribution is -2.11. The van der Waals surface area contributed by atoms with Gasteiger partial charge in [0.15, 0.2) is 9.84 Å². The summed E-state index contributed by atoms with van der Waals surface area (Å²) in [6, 6.07) is 3.31. The Morgan fingerprint density at radius 2 is 1.94 bits per heavy atom. The van der Waals surface area contributed by atoms with Crippen LogP contribution in [0, 0.1) is 11.3 Å². The molecule has 0 aliphatic rings. The molecule has 0 aliphatic carbocycles. The van der Waals surface area contributed by atoms with E-state index in [2.05, 4.69) is 0 Å². The molecule has 0 saturated carbocycles. The van der Waals surface area contributed by atoms with Gasteiger partial charge in [0, 0.05) is 0 Å². The number of nitrogen functional groups attached to an aromatic ring is 1. The first kappa shape index (κ1) is 13.3. The molecule has 0 bridgehead atoms. The van der Waals surface area contributed by atoms with Crippen LogP contribution in [0.15, 0.2) is 23.1 Å². The van der Waals surface area contributed by atoms with Crippen molar-refractivity contribution in [3.8, 4) is 6.07 Å². The average Bonchev–Trinajstić information content (AvgIpc) is 2.15. The van der Waals surface area contributed by atoms with E-state index in [0.717, 1.165) is 6.07 Å². The van der Waals surface area contributed by atoms with Crippen molar-refractivity contribution in [2.45, 2.75) is 11.1 Å². The van der Waals surface area contributed by atoms with Gasteiger partial charge in [-0.1, -0.05) is 0 Å². The average molecular weight is 264 g/mol. The first-order valence-corrected chi connectivity index (χ1v) is 5.90. The van der Waals surface area contributed by atoms with Crippen LogP contribution in [-0.2, 0) is 16.0 Å². The molecule has 0 saturated heterocycles. The Balaban J connectivity index is 3.30. The van der Waals surface area contributed by atoms with Crippen LogP contribution in [-0.4, -0.2) is 14.2 Å². The van der Waals surface area contributed by atoms with Crippen molar-refractivity contribution in [3.05, 3.63) is 23.8 Å². The van der Waals surface area contributed by atoms with Crippen LogP contribution in [0.1, 0.15) is 5.56 Å². The van der Waals surface area contributed by atoms with Crippen molar-refractivity contribution >= 4 is 15.5 Å². The standard InChI is InChI=1S/C9H7F3N2O2S/c10-9(11,12)6-1-2-8(7(14)5-6)17(15,16)4-3-13/h1-2,5H,4,14H2. The number of hydrogen-bond acceptors (Lipinski definition) is 4. The highest BCUT2D eigenvalue weighted by molar-refractivity contribution is 7.91. The summed E-state index contributed by atoms with van der Waals surface area (Å²) in [5, 5.41) is 8.29. The third kappa shape index (κ3) is 2.88. The lowest BCUT2D eigenvalue weighted by molar-refractivity contribution is -0.137. The molecule has 8 heteroatoms. The molecule has 1 aromatic rings. The number of nitriles is 1. The van der Waals surface area contributed by atoms with E-state index in [9.17, 15) is 21.6 Å². The monoisotopic (exact) mass is 264 g/mol. The van der Waals surface area contributed by atoms with Gasteiger partial charge in [-0.2, -0.15) is 18.4 Å². The normalized spacial score (nSPS) is 12.1. The van der Waals surface area contributed by atoms with Crippen LogP contribution >= 0.6 is 0 Å². The molecule has 0 aliphatic heterocycles. The molecule has 0 aromatic heterocycles. The maximum atomic E-state index is 12.3. The van der Waals surface area contributed by atoms with Gasteiger partial charge in [0.25, 0.3) is 0 Å². The van der Waals surface area contributed by atoms with Crippen LogP contribution in [0.5, 0.6) is 0 Å². The molecule has 0 radical (unpaired) electrons. The summed E-state index contributed by atoms with van der Waals surface area (Å²) in [4.78, 5) is -0.466. The third-order valence-corrected chi connectivity index (χ3v) is 3.48. The predicted molar refractivity (Wildman–Crippen MR) is 53.5 cm³/mol. The molecule has 1 rings (SSSR count). The van der Waals surface area contributed by atoms with Crippen LogP contribution in [0.2, 0.25) is 0 Å². The maximum absolute atomic E-state index is 12.3. The van der Waals surface area contributed by atoms with Crippen molar-refractivity contribution in [1.29, 1.82) is 5.26 Å². The van der Waals surface area contributed by atoms with Gasteiger partial charge in [0.2, 0.25) is 0 Å². The minimum Gasteiger partial charge on any atom is -0.398 e. The first-order valence-electron chi connectivity index (χ1n) is 4.25. The summed E-state index contributed by atoms with van der Waals surface area (Å²) in [6.07, 6.45) is -4.59. The number of benzene rings is 1. The van der Waals surface area contributed by atoms with Crippen LogP contribution in [0.25, 0.3) is 0 Å². The van der Waals surface area contributed by atoms with Crippen molar-refractivity contribution in [2.24, 2.45) is 0 Å². The summed E-state index contributed by atoms with van der Waals surface area (Å²) in [5.41, 5.74) is 3.69. The zero-order chi connectivity index (χ0) is 13.3. The van der Waals surface area contributed by atoms with Crippen LogP contribution in [0.3, 0.4) is 0 Å². The van der Waals surface area contributed by atoms with E-state index >= 15 is 0 Å². The van der Waals surface area contributed by atoms with E-state index in [-0.39, 0.29) is 0 Å². The molecule has 2 N–H and O–H groups in total. The van der Waals surface area contributed by atoms with Gasteiger partial charge < -0.3 is 5.73 Å². The fourth-order valence-electron chi connectivity index (χ4n) is 1.17.